The number of benzene rings is 3. The van der Waals surface area contributed by atoms with Gasteiger partial charge < -0.3 is 19.7 Å². The van der Waals surface area contributed by atoms with Crippen molar-refractivity contribution in [2.75, 3.05) is 19.1 Å². The number of aliphatic hydroxyl groups is 1. The Morgan fingerprint density at radius 3 is 2.29 bits per heavy atom. The lowest BCUT2D eigenvalue weighted by atomic mass is 9.94. The molecule has 1 saturated heterocycles. The van der Waals surface area contributed by atoms with Gasteiger partial charge >= 0.3 is 0 Å². The van der Waals surface area contributed by atoms with Crippen molar-refractivity contribution in [1.82, 2.24) is 0 Å². The van der Waals surface area contributed by atoms with Gasteiger partial charge in [-0.2, -0.15) is 0 Å². The number of ether oxygens (including phenoxy) is 2. The van der Waals surface area contributed by atoms with Crippen LogP contribution in [-0.4, -0.2) is 36.1 Å². The van der Waals surface area contributed by atoms with E-state index < -0.39 is 17.7 Å². The van der Waals surface area contributed by atoms with Gasteiger partial charge in [0.2, 0.25) is 0 Å². The number of carbonyl (C=O) groups excluding carboxylic acids is 2. The maximum Gasteiger partial charge on any atom is 0.300 e. The number of aromatic hydroxyl groups is 1. The third-order valence-electron chi connectivity index (χ3n) is 6.15. The van der Waals surface area contributed by atoms with Gasteiger partial charge in [-0.05, 0) is 60.9 Å². The molecule has 0 aromatic heterocycles. The van der Waals surface area contributed by atoms with Crippen LogP contribution in [0.15, 0.2) is 66.2 Å². The van der Waals surface area contributed by atoms with Crippen LogP contribution in [0, 0.1) is 13.8 Å². The van der Waals surface area contributed by atoms with Crippen molar-refractivity contribution in [3.8, 4) is 17.2 Å². The number of ketones is 1. The van der Waals surface area contributed by atoms with Gasteiger partial charge in [-0.25, -0.2) is 0 Å². The van der Waals surface area contributed by atoms with Crippen LogP contribution in [0.5, 0.6) is 17.2 Å². The second-order valence-corrected chi connectivity index (χ2v) is 8.05. The van der Waals surface area contributed by atoms with Gasteiger partial charge in [-0.1, -0.05) is 24.3 Å². The third kappa shape index (κ3) is 3.75. The van der Waals surface area contributed by atoms with Crippen LogP contribution in [0.25, 0.3) is 5.76 Å². The molecule has 174 valence electrons. The third-order valence-corrected chi connectivity index (χ3v) is 6.15. The lowest BCUT2D eigenvalue weighted by Crippen LogP contribution is -2.30. The van der Waals surface area contributed by atoms with Crippen LogP contribution < -0.4 is 14.4 Å². The minimum Gasteiger partial charge on any atom is -0.508 e. The molecule has 2 N–H and O–H groups in total. The first-order valence-electron chi connectivity index (χ1n) is 10.7. The first kappa shape index (κ1) is 22.9. The predicted octanol–water partition coefficient (Wildman–Crippen LogP) is 4.65. The Morgan fingerprint density at radius 2 is 1.65 bits per heavy atom. The zero-order valence-electron chi connectivity index (χ0n) is 19.3. The second-order valence-electron chi connectivity index (χ2n) is 8.05. The lowest BCUT2D eigenvalue weighted by Gasteiger charge is -2.27. The number of phenols is 1. The smallest absolute Gasteiger partial charge is 0.300 e. The van der Waals surface area contributed by atoms with Crippen molar-refractivity contribution in [1.29, 1.82) is 0 Å². The van der Waals surface area contributed by atoms with Gasteiger partial charge in [0, 0.05) is 11.8 Å². The molecule has 0 bridgehead atoms. The summed E-state index contributed by atoms with van der Waals surface area (Å²) in [6, 6.07) is 15.6. The molecule has 4 rings (SSSR count). The number of anilines is 1. The standard InChI is InChI=1S/C27H25NO6/c1-15-6-5-7-21(16(15)2)28-24(17-8-10-18(29)11-9-17)23(26(31)27(28)32)25(30)20-13-12-19(33-3)14-22(20)34-4/h5-14,24,29-30H,1-4H3/b25-23+. The maximum absolute atomic E-state index is 13.4. The van der Waals surface area contributed by atoms with Crippen molar-refractivity contribution in [2.24, 2.45) is 0 Å². The van der Waals surface area contributed by atoms with Crippen LogP contribution in [0.1, 0.15) is 28.3 Å². The first-order valence-corrected chi connectivity index (χ1v) is 10.7. The van der Waals surface area contributed by atoms with E-state index in [9.17, 15) is 19.8 Å². The Morgan fingerprint density at radius 1 is 0.941 bits per heavy atom. The minimum atomic E-state index is -0.909. The van der Waals surface area contributed by atoms with Crippen LogP contribution in [0.3, 0.4) is 0 Å². The number of Topliss-reactive ketones (excluding diaryl/α,β-unsaturated/α-hetero) is 1. The summed E-state index contributed by atoms with van der Waals surface area (Å²) in [4.78, 5) is 28.1. The van der Waals surface area contributed by atoms with Crippen LogP contribution in [0.4, 0.5) is 5.69 Å². The van der Waals surface area contributed by atoms with Crippen molar-refractivity contribution >= 4 is 23.1 Å². The van der Waals surface area contributed by atoms with Crippen LogP contribution >= 0.6 is 0 Å². The Hall–Kier alpha value is -4.26. The zero-order valence-corrected chi connectivity index (χ0v) is 19.3. The summed E-state index contributed by atoms with van der Waals surface area (Å²) in [6.07, 6.45) is 0. The van der Waals surface area contributed by atoms with Gasteiger partial charge in [0.25, 0.3) is 11.7 Å². The number of rotatable bonds is 5. The van der Waals surface area contributed by atoms with Crippen molar-refractivity contribution in [3.63, 3.8) is 0 Å². The molecular weight excluding hydrogens is 434 g/mol. The molecular formula is C27H25NO6. The maximum atomic E-state index is 13.4. The molecule has 1 atom stereocenters. The van der Waals surface area contributed by atoms with Gasteiger partial charge in [0.15, 0.2) is 0 Å². The highest BCUT2D eigenvalue weighted by atomic mass is 16.5. The molecule has 0 spiro atoms. The SMILES string of the molecule is COc1ccc(/C(O)=C2\C(=O)C(=O)N(c3cccc(C)c3C)C2c2ccc(O)cc2)c(OC)c1. The quantitative estimate of drug-likeness (QED) is 0.328. The van der Waals surface area contributed by atoms with E-state index in [1.165, 1.54) is 31.3 Å². The lowest BCUT2D eigenvalue weighted by molar-refractivity contribution is -0.132. The number of methoxy groups -OCH3 is 2. The van der Waals surface area contributed by atoms with Crippen LogP contribution in [0.2, 0.25) is 0 Å². The van der Waals surface area contributed by atoms with Gasteiger partial charge in [-0.15, -0.1) is 0 Å². The molecule has 3 aromatic carbocycles. The van der Waals surface area contributed by atoms with E-state index in [4.69, 9.17) is 9.47 Å². The predicted molar refractivity (Wildman–Crippen MR) is 128 cm³/mol. The van der Waals surface area contributed by atoms with Crippen molar-refractivity contribution < 1.29 is 29.3 Å². The van der Waals surface area contributed by atoms with E-state index in [-0.39, 0.29) is 22.6 Å². The largest absolute Gasteiger partial charge is 0.508 e. The molecule has 0 radical (unpaired) electrons. The molecule has 1 aliphatic heterocycles. The van der Waals surface area contributed by atoms with E-state index in [1.807, 2.05) is 26.0 Å². The summed E-state index contributed by atoms with van der Waals surface area (Å²) in [5, 5.41) is 21.2. The molecule has 0 saturated carbocycles. The van der Waals surface area contributed by atoms with Gasteiger partial charge in [0.05, 0.1) is 31.4 Å². The number of carbonyl (C=O) groups is 2. The zero-order chi connectivity index (χ0) is 24.6. The van der Waals surface area contributed by atoms with Crippen LogP contribution in [-0.2, 0) is 9.59 Å². The number of aliphatic hydroxyl groups excluding tert-OH is 1. The highest BCUT2D eigenvalue weighted by Crippen LogP contribution is 2.44. The number of phenolic OH excluding ortho intramolecular Hbond substituents is 1. The molecule has 7 heteroatoms. The summed E-state index contributed by atoms with van der Waals surface area (Å²) in [5.74, 6) is -1.07. The topological polar surface area (TPSA) is 96.3 Å². The molecule has 1 heterocycles. The molecule has 1 fully saturated rings. The van der Waals surface area contributed by atoms with Crippen molar-refractivity contribution in [2.45, 2.75) is 19.9 Å². The molecule has 34 heavy (non-hydrogen) atoms. The number of hydrogen-bond donors (Lipinski definition) is 2. The highest BCUT2D eigenvalue weighted by Gasteiger charge is 2.47. The fourth-order valence-corrected chi connectivity index (χ4v) is 4.19. The molecule has 0 aliphatic carbocycles. The summed E-state index contributed by atoms with van der Waals surface area (Å²) in [5.41, 5.74) is 3.12. The van der Waals surface area contributed by atoms with E-state index >= 15 is 0 Å². The van der Waals surface area contributed by atoms with Gasteiger partial charge in [0.1, 0.15) is 23.0 Å². The molecule has 3 aromatic rings. The molecule has 1 unspecified atom stereocenters. The van der Waals surface area contributed by atoms with E-state index in [2.05, 4.69) is 0 Å². The van der Waals surface area contributed by atoms with E-state index in [0.717, 1.165) is 11.1 Å². The van der Waals surface area contributed by atoms with Crippen molar-refractivity contribution in [3.05, 3.63) is 88.5 Å². The second kappa shape index (κ2) is 8.94. The highest BCUT2D eigenvalue weighted by molar-refractivity contribution is 6.51. The average Bonchev–Trinajstić information content (AvgIpc) is 3.10. The number of aryl methyl sites for hydroxylation is 1. The summed E-state index contributed by atoms with van der Waals surface area (Å²) in [6.45, 7) is 3.80. The Labute approximate surface area is 197 Å². The number of hydrogen-bond acceptors (Lipinski definition) is 6. The molecule has 7 nitrogen and oxygen atoms in total. The van der Waals surface area contributed by atoms with E-state index in [0.29, 0.717) is 22.7 Å². The minimum absolute atomic E-state index is 0.0456. The normalized spacial score (nSPS) is 17.2. The number of nitrogens with zero attached hydrogens (tertiary/aromatic N) is 1. The Kier molecular flexibility index (Phi) is 6.03. The fraction of sp³-hybridized carbons (Fsp3) is 0.185. The number of amides is 1. The summed E-state index contributed by atoms with van der Waals surface area (Å²) < 4.78 is 10.6. The molecule has 1 aliphatic rings. The van der Waals surface area contributed by atoms with E-state index in [1.54, 1.807) is 36.4 Å². The monoisotopic (exact) mass is 459 g/mol. The van der Waals surface area contributed by atoms with Gasteiger partial charge in [-0.3, -0.25) is 14.5 Å². The first-order chi connectivity index (χ1) is 16.3. The molecule has 1 amide bonds. The fourth-order valence-electron chi connectivity index (χ4n) is 4.19. The Balaban J connectivity index is 1.99. The summed E-state index contributed by atoms with van der Waals surface area (Å²) in [7, 11) is 2.95. The summed E-state index contributed by atoms with van der Waals surface area (Å²) >= 11 is 0. The average molecular weight is 459 g/mol. The Bertz CT molecular complexity index is 1310.